The first kappa shape index (κ1) is 11.9. The molecular formula is C10H13F3N2. The van der Waals surface area contributed by atoms with Gasteiger partial charge in [-0.25, -0.2) is 9.97 Å². The van der Waals surface area contributed by atoms with Gasteiger partial charge in [0.15, 0.2) is 0 Å². The zero-order valence-corrected chi connectivity index (χ0v) is 8.89. The second-order valence-electron chi connectivity index (χ2n) is 4.03. The van der Waals surface area contributed by atoms with Crippen molar-refractivity contribution < 1.29 is 13.2 Å². The van der Waals surface area contributed by atoms with Crippen LogP contribution in [0, 0.1) is 0 Å². The number of rotatable bonds is 2. The van der Waals surface area contributed by atoms with Crippen LogP contribution >= 0.6 is 0 Å². The van der Waals surface area contributed by atoms with E-state index in [1.807, 2.05) is 20.8 Å². The van der Waals surface area contributed by atoms with E-state index in [9.17, 15) is 13.2 Å². The standard InChI is InChI=1S/C10H13F3N2/c1-4-9(2,3)8-14-5-7(6-15-8)10(11,12)13/h5-6H,4H2,1-3H3. The van der Waals surface area contributed by atoms with E-state index in [0.717, 1.165) is 18.8 Å². The summed E-state index contributed by atoms with van der Waals surface area (Å²) in [6, 6.07) is 0. The number of nitrogens with zero attached hydrogens (tertiary/aromatic N) is 2. The highest BCUT2D eigenvalue weighted by atomic mass is 19.4. The third-order valence-electron chi connectivity index (χ3n) is 2.47. The van der Waals surface area contributed by atoms with E-state index in [1.165, 1.54) is 0 Å². The minimum Gasteiger partial charge on any atom is -0.240 e. The number of hydrogen-bond donors (Lipinski definition) is 0. The van der Waals surface area contributed by atoms with Crippen LogP contribution in [0.3, 0.4) is 0 Å². The van der Waals surface area contributed by atoms with Crippen LogP contribution in [-0.4, -0.2) is 9.97 Å². The lowest BCUT2D eigenvalue weighted by molar-refractivity contribution is -0.138. The molecule has 0 radical (unpaired) electrons. The van der Waals surface area contributed by atoms with Crippen molar-refractivity contribution >= 4 is 0 Å². The fraction of sp³-hybridized carbons (Fsp3) is 0.600. The van der Waals surface area contributed by atoms with Crippen LogP contribution in [-0.2, 0) is 11.6 Å². The highest BCUT2D eigenvalue weighted by Gasteiger charge is 2.32. The molecule has 1 aromatic heterocycles. The molecule has 0 saturated heterocycles. The first-order valence-corrected chi connectivity index (χ1v) is 4.67. The summed E-state index contributed by atoms with van der Waals surface area (Å²) < 4.78 is 36.7. The zero-order chi connectivity index (χ0) is 11.7. The third-order valence-corrected chi connectivity index (χ3v) is 2.47. The second kappa shape index (κ2) is 3.79. The summed E-state index contributed by atoms with van der Waals surface area (Å²) in [5.41, 5.74) is -1.09. The Morgan fingerprint density at radius 3 is 1.93 bits per heavy atom. The Morgan fingerprint density at radius 1 is 1.13 bits per heavy atom. The molecule has 0 unspecified atom stereocenters. The molecule has 1 rings (SSSR count). The lowest BCUT2D eigenvalue weighted by Crippen LogP contribution is -2.20. The normalized spacial score (nSPS) is 12.9. The molecule has 0 N–H and O–H groups in total. The van der Waals surface area contributed by atoms with E-state index in [0.29, 0.717) is 5.82 Å². The zero-order valence-electron chi connectivity index (χ0n) is 8.89. The molecule has 84 valence electrons. The Hall–Kier alpha value is -1.13. The largest absolute Gasteiger partial charge is 0.419 e. The first-order valence-electron chi connectivity index (χ1n) is 4.67. The van der Waals surface area contributed by atoms with Crippen molar-refractivity contribution in [2.75, 3.05) is 0 Å². The second-order valence-corrected chi connectivity index (χ2v) is 4.03. The van der Waals surface area contributed by atoms with Gasteiger partial charge in [0.1, 0.15) is 5.82 Å². The Morgan fingerprint density at radius 2 is 1.60 bits per heavy atom. The highest BCUT2D eigenvalue weighted by molar-refractivity contribution is 5.12. The Labute approximate surface area is 86.6 Å². The number of alkyl halides is 3. The van der Waals surface area contributed by atoms with Gasteiger partial charge in [-0.05, 0) is 6.42 Å². The van der Waals surface area contributed by atoms with Crippen molar-refractivity contribution in [3.05, 3.63) is 23.8 Å². The van der Waals surface area contributed by atoms with Gasteiger partial charge in [0, 0.05) is 17.8 Å². The monoisotopic (exact) mass is 218 g/mol. The Bertz CT molecular complexity index is 328. The van der Waals surface area contributed by atoms with Gasteiger partial charge in [-0.15, -0.1) is 0 Å². The number of hydrogen-bond acceptors (Lipinski definition) is 2. The smallest absolute Gasteiger partial charge is 0.240 e. The van der Waals surface area contributed by atoms with Gasteiger partial charge in [0.25, 0.3) is 0 Å². The summed E-state index contributed by atoms with van der Waals surface area (Å²) >= 11 is 0. The molecular weight excluding hydrogens is 205 g/mol. The molecule has 0 aliphatic heterocycles. The van der Waals surface area contributed by atoms with Crippen molar-refractivity contribution in [2.45, 2.75) is 38.8 Å². The van der Waals surface area contributed by atoms with Gasteiger partial charge >= 0.3 is 6.18 Å². The molecule has 15 heavy (non-hydrogen) atoms. The molecule has 2 nitrogen and oxygen atoms in total. The van der Waals surface area contributed by atoms with Crippen LogP contribution in [0.1, 0.15) is 38.6 Å². The summed E-state index contributed by atoms with van der Waals surface area (Å²) in [6.45, 7) is 5.74. The van der Waals surface area contributed by atoms with Crippen LogP contribution in [0.4, 0.5) is 13.2 Å². The molecule has 0 aromatic carbocycles. The van der Waals surface area contributed by atoms with Gasteiger partial charge in [-0.2, -0.15) is 13.2 Å². The summed E-state index contributed by atoms with van der Waals surface area (Å²) in [5.74, 6) is 0.443. The minimum absolute atomic E-state index is 0.288. The quantitative estimate of drug-likeness (QED) is 0.761. The minimum atomic E-state index is -4.37. The summed E-state index contributed by atoms with van der Waals surface area (Å²) in [5, 5.41) is 0. The predicted molar refractivity (Wildman–Crippen MR) is 50.4 cm³/mol. The lowest BCUT2D eigenvalue weighted by atomic mass is 9.89. The molecule has 0 fully saturated rings. The maximum atomic E-state index is 12.2. The molecule has 5 heteroatoms. The van der Waals surface area contributed by atoms with E-state index in [1.54, 1.807) is 0 Å². The van der Waals surface area contributed by atoms with Gasteiger partial charge in [-0.3, -0.25) is 0 Å². The van der Waals surface area contributed by atoms with Crippen LogP contribution in [0.15, 0.2) is 12.4 Å². The molecule has 0 aliphatic carbocycles. The first-order chi connectivity index (χ1) is 6.77. The number of halogens is 3. The molecule has 0 amide bonds. The van der Waals surface area contributed by atoms with E-state index in [2.05, 4.69) is 9.97 Å². The highest BCUT2D eigenvalue weighted by Crippen LogP contribution is 2.29. The van der Waals surface area contributed by atoms with Gasteiger partial charge in [0.05, 0.1) is 5.56 Å². The van der Waals surface area contributed by atoms with Crippen molar-refractivity contribution in [1.82, 2.24) is 9.97 Å². The fourth-order valence-corrected chi connectivity index (χ4v) is 0.982. The average Bonchev–Trinajstić information content (AvgIpc) is 2.17. The third kappa shape index (κ3) is 2.67. The van der Waals surface area contributed by atoms with Crippen LogP contribution in [0.5, 0.6) is 0 Å². The van der Waals surface area contributed by atoms with Crippen LogP contribution < -0.4 is 0 Å². The van der Waals surface area contributed by atoms with Crippen molar-refractivity contribution in [2.24, 2.45) is 0 Å². The molecule has 1 heterocycles. The lowest BCUT2D eigenvalue weighted by Gasteiger charge is -2.20. The van der Waals surface area contributed by atoms with Crippen LogP contribution in [0.2, 0.25) is 0 Å². The average molecular weight is 218 g/mol. The van der Waals surface area contributed by atoms with Gasteiger partial charge in [0.2, 0.25) is 0 Å². The Balaban J connectivity index is 3.01. The van der Waals surface area contributed by atoms with E-state index in [-0.39, 0.29) is 5.41 Å². The SMILES string of the molecule is CCC(C)(C)c1ncc(C(F)(F)F)cn1. The fourth-order valence-electron chi connectivity index (χ4n) is 0.982. The molecule has 0 bridgehead atoms. The van der Waals surface area contributed by atoms with Gasteiger partial charge < -0.3 is 0 Å². The predicted octanol–water partition coefficient (Wildman–Crippen LogP) is 3.18. The molecule has 0 spiro atoms. The van der Waals surface area contributed by atoms with Crippen molar-refractivity contribution in [1.29, 1.82) is 0 Å². The van der Waals surface area contributed by atoms with Crippen LogP contribution in [0.25, 0.3) is 0 Å². The van der Waals surface area contributed by atoms with E-state index >= 15 is 0 Å². The van der Waals surface area contributed by atoms with Crippen molar-refractivity contribution in [3.63, 3.8) is 0 Å². The molecule has 0 saturated carbocycles. The molecule has 0 aliphatic rings. The maximum absolute atomic E-state index is 12.2. The topological polar surface area (TPSA) is 25.8 Å². The van der Waals surface area contributed by atoms with E-state index in [4.69, 9.17) is 0 Å². The van der Waals surface area contributed by atoms with Crippen molar-refractivity contribution in [3.8, 4) is 0 Å². The summed E-state index contributed by atoms with van der Waals surface area (Å²) in [7, 11) is 0. The molecule has 0 atom stereocenters. The summed E-state index contributed by atoms with van der Waals surface area (Å²) in [4.78, 5) is 7.51. The maximum Gasteiger partial charge on any atom is 0.419 e. The summed E-state index contributed by atoms with van der Waals surface area (Å²) in [6.07, 6.45) is -1.92. The van der Waals surface area contributed by atoms with Gasteiger partial charge in [-0.1, -0.05) is 20.8 Å². The molecule has 1 aromatic rings. The van der Waals surface area contributed by atoms with E-state index < -0.39 is 11.7 Å². The Kier molecular flexibility index (Phi) is 3.02. The number of aromatic nitrogens is 2.